The molecule has 3 rings (SSSR count). The predicted octanol–water partition coefficient (Wildman–Crippen LogP) is 2.49. The number of hydrogen-bond acceptors (Lipinski definition) is 4. The Bertz CT molecular complexity index is 787. The van der Waals surface area contributed by atoms with Crippen LogP contribution in [0.1, 0.15) is 22.7 Å². The molecule has 27 heavy (non-hydrogen) atoms. The average molecular weight is 371 g/mol. The molecule has 0 aliphatic carbocycles. The lowest BCUT2D eigenvalue weighted by Crippen LogP contribution is -2.50. The zero-order valence-electron chi connectivity index (χ0n) is 15.8. The van der Waals surface area contributed by atoms with Crippen molar-refractivity contribution in [2.45, 2.75) is 19.5 Å². The van der Waals surface area contributed by atoms with E-state index < -0.39 is 6.04 Å². The van der Waals surface area contributed by atoms with Crippen molar-refractivity contribution in [3.8, 4) is 5.75 Å². The van der Waals surface area contributed by atoms with E-state index in [4.69, 9.17) is 10.5 Å². The van der Waals surface area contributed by atoms with Crippen LogP contribution in [0.25, 0.3) is 0 Å². The van der Waals surface area contributed by atoms with Gasteiger partial charge in [0.05, 0.1) is 7.11 Å². The summed E-state index contributed by atoms with van der Waals surface area (Å²) in [5.41, 5.74) is 8.95. The van der Waals surface area contributed by atoms with E-state index in [1.807, 2.05) is 36.1 Å². The van der Waals surface area contributed by atoms with E-state index in [0.29, 0.717) is 38.5 Å². The predicted molar refractivity (Wildman–Crippen MR) is 103 cm³/mol. The number of halogens is 1. The normalized spacial score (nSPS) is 16.2. The number of piperazine rings is 1. The Balaban J connectivity index is 1.58. The first-order valence-electron chi connectivity index (χ1n) is 9.13. The highest BCUT2D eigenvalue weighted by Crippen LogP contribution is 2.22. The molecule has 1 amide bonds. The zero-order chi connectivity index (χ0) is 19.4. The number of methoxy groups -OCH3 is 1. The summed E-state index contributed by atoms with van der Waals surface area (Å²) < 4.78 is 18.9. The summed E-state index contributed by atoms with van der Waals surface area (Å²) in [6.45, 7) is 5.24. The summed E-state index contributed by atoms with van der Waals surface area (Å²) in [7, 11) is 1.58. The molecule has 0 aromatic heterocycles. The third-order valence-electron chi connectivity index (χ3n) is 5.02. The van der Waals surface area contributed by atoms with Gasteiger partial charge in [0.2, 0.25) is 5.91 Å². The minimum absolute atomic E-state index is 0.0539. The summed E-state index contributed by atoms with van der Waals surface area (Å²) in [4.78, 5) is 16.7. The molecular formula is C21H26FN3O2. The topological polar surface area (TPSA) is 58.8 Å². The number of ether oxygens (including phenoxy) is 1. The number of benzene rings is 2. The van der Waals surface area contributed by atoms with Gasteiger partial charge in [0.1, 0.15) is 17.6 Å². The van der Waals surface area contributed by atoms with Gasteiger partial charge in [0.15, 0.2) is 0 Å². The van der Waals surface area contributed by atoms with Crippen LogP contribution in [0.5, 0.6) is 5.75 Å². The van der Waals surface area contributed by atoms with Crippen LogP contribution in [0.4, 0.5) is 4.39 Å². The van der Waals surface area contributed by atoms with Gasteiger partial charge in [0, 0.05) is 38.3 Å². The standard InChI is InChI=1S/C21H26FN3O2/c1-15-3-5-16(6-4-15)20(23)21(26)25-11-9-24(10-12-25)14-17-13-18(22)7-8-19(17)27-2/h3-8,13,20H,9-12,14,23H2,1-2H3. The monoisotopic (exact) mass is 371 g/mol. The molecule has 5 nitrogen and oxygen atoms in total. The smallest absolute Gasteiger partial charge is 0.244 e. The third-order valence-corrected chi connectivity index (χ3v) is 5.02. The van der Waals surface area contributed by atoms with Gasteiger partial charge in [-0.25, -0.2) is 4.39 Å². The van der Waals surface area contributed by atoms with Gasteiger partial charge in [-0.1, -0.05) is 29.8 Å². The molecule has 0 bridgehead atoms. The minimum Gasteiger partial charge on any atom is -0.496 e. The first-order chi connectivity index (χ1) is 13.0. The van der Waals surface area contributed by atoms with Crippen molar-refractivity contribution in [1.29, 1.82) is 0 Å². The van der Waals surface area contributed by atoms with Crippen molar-refractivity contribution >= 4 is 5.91 Å². The van der Waals surface area contributed by atoms with Crippen LogP contribution in [0, 0.1) is 12.7 Å². The van der Waals surface area contributed by atoms with Crippen LogP contribution in [-0.2, 0) is 11.3 Å². The molecule has 1 unspecified atom stereocenters. The third kappa shape index (κ3) is 4.64. The van der Waals surface area contributed by atoms with Crippen LogP contribution in [0.15, 0.2) is 42.5 Å². The SMILES string of the molecule is COc1ccc(F)cc1CN1CCN(C(=O)C(N)c2ccc(C)cc2)CC1. The van der Waals surface area contributed by atoms with Crippen molar-refractivity contribution in [2.75, 3.05) is 33.3 Å². The van der Waals surface area contributed by atoms with Gasteiger partial charge in [0.25, 0.3) is 0 Å². The van der Waals surface area contributed by atoms with Gasteiger partial charge >= 0.3 is 0 Å². The van der Waals surface area contributed by atoms with E-state index in [1.165, 1.54) is 12.1 Å². The zero-order valence-corrected chi connectivity index (χ0v) is 15.8. The van der Waals surface area contributed by atoms with Gasteiger partial charge in [-0.05, 0) is 30.7 Å². The van der Waals surface area contributed by atoms with Crippen molar-refractivity contribution in [2.24, 2.45) is 5.73 Å². The summed E-state index contributed by atoms with van der Waals surface area (Å²) in [6.07, 6.45) is 0. The molecule has 1 aliphatic rings. The van der Waals surface area contributed by atoms with E-state index >= 15 is 0 Å². The number of nitrogens with two attached hydrogens (primary N) is 1. The average Bonchev–Trinajstić information content (AvgIpc) is 2.68. The lowest BCUT2D eigenvalue weighted by molar-refractivity contribution is -0.134. The summed E-state index contributed by atoms with van der Waals surface area (Å²) in [5.74, 6) is 0.349. The Kier molecular flexibility index (Phi) is 6.08. The van der Waals surface area contributed by atoms with E-state index in [9.17, 15) is 9.18 Å². The highest BCUT2D eigenvalue weighted by Gasteiger charge is 2.26. The van der Waals surface area contributed by atoms with E-state index in [-0.39, 0.29) is 11.7 Å². The van der Waals surface area contributed by atoms with Crippen molar-refractivity contribution in [3.05, 3.63) is 65.0 Å². The highest BCUT2D eigenvalue weighted by atomic mass is 19.1. The van der Waals surface area contributed by atoms with Gasteiger partial charge in [-0.3, -0.25) is 9.69 Å². The molecular weight excluding hydrogens is 345 g/mol. The van der Waals surface area contributed by atoms with Crippen molar-refractivity contribution in [3.63, 3.8) is 0 Å². The quantitative estimate of drug-likeness (QED) is 0.877. The van der Waals surface area contributed by atoms with E-state index in [2.05, 4.69) is 4.90 Å². The Morgan fingerprint density at radius 3 is 2.44 bits per heavy atom. The van der Waals surface area contributed by atoms with Crippen LogP contribution >= 0.6 is 0 Å². The molecule has 1 fully saturated rings. The fourth-order valence-electron chi connectivity index (χ4n) is 3.35. The second-order valence-corrected chi connectivity index (χ2v) is 6.95. The largest absolute Gasteiger partial charge is 0.496 e. The number of aryl methyl sites for hydroxylation is 1. The number of carbonyl (C=O) groups is 1. The Morgan fingerprint density at radius 2 is 1.81 bits per heavy atom. The summed E-state index contributed by atoms with van der Waals surface area (Å²) >= 11 is 0. The Hall–Kier alpha value is -2.44. The number of amides is 1. The van der Waals surface area contributed by atoms with Gasteiger partial charge in [-0.15, -0.1) is 0 Å². The lowest BCUT2D eigenvalue weighted by atomic mass is 10.0. The van der Waals surface area contributed by atoms with Crippen LogP contribution in [0.3, 0.4) is 0 Å². The molecule has 2 N–H and O–H groups in total. The molecule has 6 heteroatoms. The molecule has 0 saturated carbocycles. The fraction of sp³-hybridized carbons (Fsp3) is 0.381. The Labute approximate surface area is 159 Å². The van der Waals surface area contributed by atoms with Crippen LogP contribution in [-0.4, -0.2) is 49.0 Å². The van der Waals surface area contributed by atoms with Crippen LogP contribution < -0.4 is 10.5 Å². The number of carbonyl (C=O) groups excluding carboxylic acids is 1. The molecule has 0 radical (unpaired) electrons. The number of nitrogens with zero attached hydrogens (tertiary/aromatic N) is 2. The molecule has 2 aromatic carbocycles. The number of hydrogen-bond donors (Lipinski definition) is 1. The maximum Gasteiger partial charge on any atom is 0.244 e. The fourth-order valence-corrected chi connectivity index (χ4v) is 3.35. The highest BCUT2D eigenvalue weighted by molar-refractivity contribution is 5.83. The summed E-state index contributed by atoms with van der Waals surface area (Å²) in [6, 6.07) is 11.6. The minimum atomic E-state index is -0.638. The molecule has 144 valence electrons. The maximum atomic E-state index is 13.5. The van der Waals surface area contributed by atoms with Crippen molar-refractivity contribution in [1.82, 2.24) is 9.80 Å². The van der Waals surface area contributed by atoms with Crippen LogP contribution in [0.2, 0.25) is 0 Å². The lowest BCUT2D eigenvalue weighted by Gasteiger charge is -2.36. The maximum absolute atomic E-state index is 13.5. The molecule has 1 heterocycles. The first-order valence-corrected chi connectivity index (χ1v) is 9.13. The first kappa shape index (κ1) is 19.3. The van der Waals surface area contributed by atoms with Crippen molar-refractivity contribution < 1.29 is 13.9 Å². The molecule has 1 saturated heterocycles. The summed E-state index contributed by atoms with van der Waals surface area (Å²) in [5, 5.41) is 0. The van der Waals surface area contributed by atoms with Gasteiger partial charge in [-0.2, -0.15) is 0 Å². The number of rotatable bonds is 5. The van der Waals surface area contributed by atoms with E-state index in [0.717, 1.165) is 16.7 Å². The molecule has 2 aromatic rings. The Morgan fingerprint density at radius 1 is 1.15 bits per heavy atom. The molecule has 1 atom stereocenters. The second kappa shape index (κ2) is 8.50. The molecule has 1 aliphatic heterocycles. The second-order valence-electron chi connectivity index (χ2n) is 6.95. The van der Waals surface area contributed by atoms with E-state index in [1.54, 1.807) is 13.2 Å². The molecule has 0 spiro atoms. The van der Waals surface area contributed by atoms with Gasteiger partial charge < -0.3 is 15.4 Å².